The third-order valence-electron chi connectivity index (χ3n) is 6.63. The maximum Gasteiger partial charge on any atom is 0.187 e. The van der Waals surface area contributed by atoms with Crippen LogP contribution in [0.15, 0.2) is 60.7 Å². The zero-order chi connectivity index (χ0) is 25.7. The topological polar surface area (TPSA) is 116 Å². The lowest BCUT2D eigenvalue weighted by atomic mass is 9.97. The molecule has 4 rings (SSSR count). The summed E-state index contributed by atoms with van der Waals surface area (Å²) in [5, 5.41) is 32.5. The quantitative estimate of drug-likeness (QED) is 0.470. The second-order valence-electron chi connectivity index (χ2n) is 9.25. The molecule has 2 heterocycles. The maximum atomic E-state index is 11.3. The fraction of sp³-hybridized carbons (Fsp3) is 0.556. The average Bonchev–Trinajstić information content (AvgIpc) is 2.89. The lowest BCUT2D eigenvalue weighted by molar-refractivity contribution is -0.359. The fourth-order valence-corrected chi connectivity index (χ4v) is 4.53. The first-order valence-corrected chi connectivity index (χ1v) is 12.2. The van der Waals surface area contributed by atoms with Gasteiger partial charge in [0, 0.05) is 7.11 Å². The Kier molecular flexibility index (Phi) is 9.46. The van der Waals surface area contributed by atoms with E-state index in [9.17, 15) is 15.3 Å². The zero-order valence-corrected chi connectivity index (χ0v) is 20.8. The molecule has 3 N–H and O–H groups in total. The van der Waals surface area contributed by atoms with Crippen LogP contribution < -0.4 is 0 Å². The second kappa shape index (κ2) is 12.6. The first-order valence-electron chi connectivity index (χ1n) is 12.2. The van der Waals surface area contributed by atoms with Crippen LogP contribution in [-0.2, 0) is 41.6 Å². The van der Waals surface area contributed by atoms with Crippen molar-refractivity contribution in [3.8, 4) is 0 Å². The molecular weight excluding hydrogens is 468 g/mol. The molecule has 0 radical (unpaired) electrons. The molecule has 9 heteroatoms. The van der Waals surface area contributed by atoms with Crippen molar-refractivity contribution in [1.82, 2.24) is 0 Å². The van der Waals surface area contributed by atoms with E-state index in [1.54, 1.807) is 13.8 Å². The summed E-state index contributed by atoms with van der Waals surface area (Å²) in [6.07, 6.45) is -9.42. The smallest absolute Gasteiger partial charge is 0.187 e. The van der Waals surface area contributed by atoms with Crippen LogP contribution in [0.25, 0.3) is 0 Å². The van der Waals surface area contributed by atoms with Gasteiger partial charge in [0.15, 0.2) is 12.6 Å². The van der Waals surface area contributed by atoms with Crippen molar-refractivity contribution in [2.75, 3.05) is 7.11 Å². The molecule has 2 aromatic carbocycles. The van der Waals surface area contributed by atoms with E-state index < -0.39 is 61.4 Å². The van der Waals surface area contributed by atoms with Crippen molar-refractivity contribution in [3.05, 3.63) is 71.8 Å². The lowest BCUT2D eigenvalue weighted by Crippen LogP contribution is -2.63. The average molecular weight is 505 g/mol. The number of methoxy groups -OCH3 is 1. The second-order valence-corrected chi connectivity index (χ2v) is 9.25. The van der Waals surface area contributed by atoms with E-state index in [-0.39, 0.29) is 13.2 Å². The molecule has 0 saturated carbocycles. The van der Waals surface area contributed by atoms with Gasteiger partial charge >= 0.3 is 0 Å². The Labute approximate surface area is 211 Å². The summed E-state index contributed by atoms with van der Waals surface area (Å²) in [5.74, 6) is 0. The number of ether oxygens (including phenoxy) is 6. The van der Waals surface area contributed by atoms with Crippen LogP contribution in [0.1, 0.15) is 25.0 Å². The van der Waals surface area contributed by atoms with Crippen molar-refractivity contribution in [3.63, 3.8) is 0 Å². The number of hydrogen-bond donors (Lipinski definition) is 3. The summed E-state index contributed by atoms with van der Waals surface area (Å²) in [6, 6.07) is 19.0. The van der Waals surface area contributed by atoms with Gasteiger partial charge in [0.25, 0.3) is 0 Å². The van der Waals surface area contributed by atoms with E-state index in [1.165, 1.54) is 7.11 Å². The highest BCUT2D eigenvalue weighted by molar-refractivity contribution is 5.14. The Balaban J connectivity index is 1.47. The van der Waals surface area contributed by atoms with Gasteiger partial charge in [-0.05, 0) is 25.0 Å². The lowest BCUT2D eigenvalue weighted by Gasteiger charge is -2.47. The molecule has 2 aliphatic heterocycles. The van der Waals surface area contributed by atoms with Gasteiger partial charge < -0.3 is 43.7 Å². The molecule has 0 bridgehead atoms. The zero-order valence-electron chi connectivity index (χ0n) is 20.8. The van der Waals surface area contributed by atoms with Crippen LogP contribution in [0.3, 0.4) is 0 Å². The van der Waals surface area contributed by atoms with Crippen LogP contribution in [0.4, 0.5) is 0 Å². The Bertz CT molecular complexity index is 914. The van der Waals surface area contributed by atoms with Crippen LogP contribution >= 0.6 is 0 Å². The molecule has 0 amide bonds. The molecule has 198 valence electrons. The van der Waals surface area contributed by atoms with E-state index in [0.717, 1.165) is 11.1 Å². The van der Waals surface area contributed by atoms with Gasteiger partial charge in [-0.25, -0.2) is 0 Å². The van der Waals surface area contributed by atoms with Crippen molar-refractivity contribution < 1.29 is 43.7 Å². The third-order valence-corrected chi connectivity index (χ3v) is 6.63. The fourth-order valence-electron chi connectivity index (χ4n) is 4.53. The molecule has 36 heavy (non-hydrogen) atoms. The molecule has 2 aromatic rings. The Morgan fingerprint density at radius 2 is 1.14 bits per heavy atom. The molecule has 2 fully saturated rings. The molecule has 10 atom stereocenters. The minimum Gasteiger partial charge on any atom is -0.388 e. The number of rotatable bonds is 9. The number of aliphatic hydroxyl groups is 3. The van der Waals surface area contributed by atoms with E-state index in [4.69, 9.17) is 28.4 Å². The van der Waals surface area contributed by atoms with Gasteiger partial charge in [0.1, 0.15) is 36.6 Å². The highest BCUT2D eigenvalue weighted by atomic mass is 16.7. The van der Waals surface area contributed by atoms with Gasteiger partial charge in [-0.2, -0.15) is 0 Å². The largest absolute Gasteiger partial charge is 0.388 e. The van der Waals surface area contributed by atoms with Crippen LogP contribution in [0.2, 0.25) is 0 Å². The van der Waals surface area contributed by atoms with E-state index >= 15 is 0 Å². The Hall–Kier alpha value is -1.92. The van der Waals surface area contributed by atoms with Crippen molar-refractivity contribution in [2.24, 2.45) is 0 Å². The molecule has 10 unspecified atom stereocenters. The third kappa shape index (κ3) is 6.31. The highest BCUT2D eigenvalue weighted by Gasteiger charge is 2.50. The normalized spacial score (nSPS) is 37.1. The van der Waals surface area contributed by atoms with Gasteiger partial charge in [0.05, 0.1) is 25.4 Å². The van der Waals surface area contributed by atoms with Crippen molar-refractivity contribution >= 4 is 0 Å². The van der Waals surface area contributed by atoms with Crippen LogP contribution in [-0.4, -0.2) is 83.8 Å². The molecule has 0 aliphatic carbocycles. The maximum absolute atomic E-state index is 11.3. The monoisotopic (exact) mass is 504 g/mol. The highest BCUT2D eigenvalue weighted by Crippen LogP contribution is 2.32. The molecule has 2 aliphatic rings. The molecule has 0 spiro atoms. The summed E-state index contributed by atoms with van der Waals surface area (Å²) in [5.41, 5.74) is 1.83. The van der Waals surface area contributed by atoms with E-state index in [0.29, 0.717) is 0 Å². The predicted molar refractivity (Wildman–Crippen MR) is 129 cm³/mol. The standard InChI is InChI=1S/C27H36O9/c1-16-20(28)21(29)24(32-14-18-10-6-4-7-11-18)27(34-16)36-23-17(2)35-26(31-3)25(22(23)30)33-15-19-12-8-5-9-13-19/h4-13,16-17,20-30H,14-15H2,1-3H3. The number of aliphatic hydroxyl groups excluding tert-OH is 3. The summed E-state index contributed by atoms with van der Waals surface area (Å²) in [4.78, 5) is 0. The van der Waals surface area contributed by atoms with Gasteiger partial charge in [-0.15, -0.1) is 0 Å². The van der Waals surface area contributed by atoms with Gasteiger partial charge in [0.2, 0.25) is 0 Å². The Morgan fingerprint density at radius 3 is 1.67 bits per heavy atom. The number of benzene rings is 2. The summed E-state index contributed by atoms with van der Waals surface area (Å²) < 4.78 is 35.4. The Morgan fingerprint density at radius 1 is 0.639 bits per heavy atom. The van der Waals surface area contributed by atoms with E-state index in [1.807, 2.05) is 60.7 Å². The minimum atomic E-state index is -1.25. The summed E-state index contributed by atoms with van der Waals surface area (Å²) >= 11 is 0. The first-order chi connectivity index (χ1) is 17.4. The molecule has 2 saturated heterocycles. The first kappa shape index (κ1) is 27.1. The van der Waals surface area contributed by atoms with Gasteiger partial charge in [-0.3, -0.25) is 0 Å². The predicted octanol–water partition coefficient (Wildman–Crippen LogP) is 1.76. The number of hydrogen-bond acceptors (Lipinski definition) is 9. The van der Waals surface area contributed by atoms with Crippen molar-refractivity contribution in [2.45, 2.75) is 88.5 Å². The summed E-state index contributed by atoms with van der Waals surface area (Å²) in [7, 11) is 1.49. The summed E-state index contributed by atoms with van der Waals surface area (Å²) in [6.45, 7) is 3.82. The van der Waals surface area contributed by atoms with Gasteiger partial charge in [-0.1, -0.05) is 60.7 Å². The van der Waals surface area contributed by atoms with E-state index in [2.05, 4.69) is 0 Å². The molecule has 0 aromatic heterocycles. The SMILES string of the molecule is COC1OC(C)C(OC2OC(C)C(O)C(O)C2OCc2ccccc2)C(O)C1OCc1ccccc1. The minimum absolute atomic E-state index is 0.181. The van der Waals surface area contributed by atoms with Crippen LogP contribution in [0.5, 0.6) is 0 Å². The molecule has 9 nitrogen and oxygen atoms in total. The van der Waals surface area contributed by atoms with Crippen molar-refractivity contribution in [1.29, 1.82) is 0 Å². The molecular formula is C27H36O9. The van der Waals surface area contributed by atoms with Crippen LogP contribution in [0, 0.1) is 0 Å².